The van der Waals surface area contributed by atoms with Gasteiger partial charge in [-0.3, -0.25) is 9.69 Å². The van der Waals surface area contributed by atoms with Crippen molar-refractivity contribution in [1.82, 2.24) is 25.2 Å². The molecule has 0 saturated carbocycles. The fraction of sp³-hybridized carbons (Fsp3) is 0.438. The van der Waals surface area contributed by atoms with Gasteiger partial charge in [0.1, 0.15) is 5.69 Å². The quantitative estimate of drug-likeness (QED) is 0.895. The predicted molar refractivity (Wildman–Crippen MR) is 84.9 cm³/mol. The van der Waals surface area contributed by atoms with Crippen LogP contribution in [-0.4, -0.2) is 58.6 Å². The van der Waals surface area contributed by atoms with E-state index in [1.165, 1.54) is 16.4 Å². The third-order valence-corrected chi connectivity index (χ3v) is 4.15. The molecule has 1 aliphatic heterocycles. The summed E-state index contributed by atoms with van der Waals surface area (Å²) < 4.78 is 7.38. The normalized spacial score (nSPS) is 22.0. The van der Waals surface area contributed by atoms with Gasteiger partial charge in [0.25, 0.3) is 5.91 Å². The molecule has 2 atom stereocenters. The molecule has 23 heavy (non-hydrogen) atoms. The highest BCUT2D eigenvalue weighted by molar-refractivity contribution is 5.92. The van der Waals surface area contributed by atoms with Gasteiger partial charge in [0.2, 0.25) is 0 Å². The first-order valence-electron chi connectivity index (χ1n) is 7.66. The molecular weight excluding hydrogens is 294 g/mol. The topological polar surface area (TPSA) is 72.3 Å². The first kappa shape index (κ1) is 15.6. The largest absolute Gasteiger partial charge is 0.373 e. The lowest BCUT2D eigenvalue weighted by Gasteiger charge is -2.39. The fourth-order valence-electron chi connectivity index (χ4n) is 2.93. The van der Waals surface area contributed by atoms with Crippen LogP contribution in [0.2, 0.25) is 0 Å². The van der Waals surface area contributed by atoms with Crippen LogP contribution in [-0.2, 0) is 11.8 Å². The first-order valence-corrected chi connectivity index (χ1v) is 7.66. The van der Waals surface area contributed by atoms with E-state index in [1.54, 1.807) is 7.05 Å². The van der Waals surface area contributed by atoms with Crippen molar-refractivity contribution in [2.24, 2.45) is 7.05 Å². The van der Waals surface area contributed by atoms with Crippen molar-refractivity contribution in [2.75, 3.05) is 26.7 Å². The first-order chi connectivity index (χ1) is 11.2. The smallest absolute Gasteiger partial charge is 0.271 e. The molecular formula is C16H21N5O2. The Kier molecular flexibility index (Phi) is 4.68. The minimum Gasteiger partial charge on any atom is -0.373 e. The molecule has 0 radical (unpaired) electrons. The van der Waals surface area contributed by atoms with Gasteiger partial charge in [0, 0.05) is 20.1 Å². The Balaban J connectivity index is 1.70. The Hall–Kier alpha value is -2.25. The SMILES string of the molecule is CN1CCO[C@@H](CNC(=O)c2cnnn2C)[C@@H]1c1ccccc1. The lowest BCUT2D eigenvalue weighted by atomic mass is 9.98. The van der Waals surface area contributed by atoms with Gasteiger partial charge in [-0.05, 0) is 12.6 Å². The summed E-state index contributed by atoms with van der Waals surface area (Å²) in [5.74, 6) is -0.193. The average Bonchev–Trinajstić information content (AvgIpc) is 2.99. The monoisotopic (exact) mass is 315 g/mol. The number of amides is 1. The second-order valence-electron chi connectivity index (χ2n) is 5.70. The highest BCUT2D eigenvalue weighted by atomic mass is 16.5. The number of nitrogens with zero attached hydrogens (tertiary/aromatic N) is 4. The molecule has 3 rings (SSSR count). The summed E-state index contributed by atoms with van der Waals surface area (Å²) in [6, 6.07) is 10.4. The van der Waals surface area contributed by atoms with E-state index in [1.807, 2.05) is 18.2 Å². The summed E-state index contributed by atoms with van der Waals surface area (Å²) >= 11 is 0. The maximum absolute atomic E-state index is 12.2. The van der Waals surface area contributed by atoms with Crippen molar-refractivity contribution >= 4 is 5.91 Å². The maximum atomic E-state index is 12.2. The second-order valence-corrected chi connectivity index (χ2v) is 5.70. The zero-order chi connectivity index (χ0) is 16.2. The number of aryl methyl sites for hydroxylation is 1. The van der Waals surface area contributed by atoms with Crippen LogP contribution in [0.1, 0.15) is 22.1 Å². The van der Waals surface area contributed by atoms with Gasteiger partial charge in [-0.25, -0.2) is 4.68 Å². The molecule has 1 aromatic carbocycles. The number of carbonyl (C=O) groups is 1. The number of likely N-dealkylation sites (N-methyl/N-ethyl adjacent to an activating group) is 1. The Morgan fingerprint density at radius 2 is 2.13 bits per heavy atom. The molecule has 1 N–H and O–H groups in total. The van der Waals surface area contributed by atoms with E-state index in [0.29, 0.717) is 18.8 Å². The Morgan fingerprint density at radius 3 is 2.83 bits per heavy atom. The van der Waals surface area contributed by atoms with E-state index in [2.05, 4.69) is 39.7 Å². The average molecular weight is 315 g/mol. The van der Waals surface area contributed by atoms with Crippen molar-refractivity contribution in [3.05, 3.63) is 47.8 Å². The van der Waals surface area contributed by atoms with Crippen LogP contribution in [0.25, 0.3) is 0 Å². The summed E-state index contributed by atoms with van der Waals surface area (Å²) in [5, 5.41) is 10.4. The zero-order valence-electron chi connectivity index (χ0n) is 13.3. The number of hydrogen-bond donors (Lipinski definition) is 1. The van der Waals surface area contributed by atoms with E-state index in [4.69, 9.17) is 4.74 Å². The van der Waals surface area contributed by atoms with Crippen molar-refractivity contribution in [1.29, 1.82) is 0 Å². The van der Waals surface area contributed by atoms with E-state index in [-0.39, 0.29) is 18.1 Å². The number of carbonyl (C=O) groups excluding carboxylic acids is 1. The Bertz CT molecular complexity index is 658. The Morgan fingerprint density at radius 1 is 1.35 bits per heavy atom. The summed E-state index contributed by atoms with van der Waals surface area (Å²) in [6.45, 7) is 1.97. The van der Waals surface area contributed by atoms with Crippen molar-refractivity contribution in [2.45, 2.75) is 12.1 Å². The molecule has 1 amide bonds. The molecule has 2 heterocycles. The minimum absolute atomic E-state index is 0.0960. The minimum atomic E-state index is -0.193. The third-order valence-electron chi connectivity index (χ3n) is 4.15. The molecule has 1 saturated heterocycles. The van der Waals surface area contributed by atoms with E-state index in [0.717, 1.165) is 6.54 Å². The number of ether oxygens (including phenoxy) is 1. The number of hydrogen-bond acceptors (Lipinski definition) is 5. The van der Waals surface area contributed by atoms with Gasteiger partial charge in [0.15, 0.2) is 0 Å². The van der Waals surface area contributed by atoms with Crippen LogP contribution in [0, 0.1) is 0 Å². The lowest BCUT2D eigenvalue weighted by molar-refractivity contribution is -0.0605. The Labute approximate surface area is 135 Å². The summed E-state index contributed by atoms with van der Waals surface area (Å²) in [5.41, 5.74) is 1.63. The van der Waals surface area contributed by atoms with Crippen LogP contribution < -0.4 is 5.32 Å². The molecule has 0 aliphatic carbocycles. The predicted octanol–water partition coefficient (Wildman–Crippen LogP) is 0.617. The molecule has 0 unspecified atom stereocenters. The van der Waals surface area contributed by atoms with Gasteiger partial charge in [-0.2, -0.15) is 0 Å². The van der Waals surface area contributed by atoms with Gasteiger partial charge >= 0.3 is 0 Å². The molecule has 122 valence electrons. The zero-order valence-corrected chi connectivity index (χ0v) is 13.3. The lowest BCUT2D eigenvalue weighted by Crippen LogP contribution is -2.48. The van der Waals surface area contributed by atoms with Gasteiger partial charge in [-0.1, -0.05) is 35.5 Å². The van der Waals surface area contributed by atoms with Crippen molar-refractivity contribution in [3.63, 3.8) is 0 Å². The van der Waals surface area contributed by atoms with Crippen LogP contribution in [0.4, 0.5) is 0 Å². The van der Waals surface area contributed by atoms with Gasteiger partial charge in [-0.15, -0.1) is 5.10 Å². The van der Waals surface area contributed by atoms with Crippen LogP contribution in [0.5, 0.6) is 0 Å². The molecule has 1 aromatic heterocycles. The van der Waals surface area contributed by atoms with E-state index in [9.17, 15) is 4.79 Å². The summed E-state index contributed by atoms with van der Waals surface area (Å²) in [4.78, 5) is 14.5. The number of rotatable bonds is 4. The molecule has 7 nitrogen and oxygen atoms in total. The maximum Gasteiger partial charge on any atom is 0.271 e. The summed E-state index contributed by atoms with van der Waals surface area (Å²) in [7, 11) is 3.78. The van der Waals surface area contributed by atoms with Crippen molar-refractivity contribution < 1.29 is 9.53 Å². The van der Waals surface area contributed by atoms with Crippen molar-refractivity contribution in [3.8, 4) is 0 Å². The number of aromatic nitrogens is 3. The van der Waals surface area contributed by atoms with Gasteiger partial charge < -0.3 is 10.1 Å². The molecule has 1 fully saturated rings. The molecule has 2 aromatic rings. The van der Waals surface area contributed by atoms with E-state index < -0.39 is 0 Å². The second kappa shape index (κ2) is 6.89. The molecule has 1 aliphatic rings. The van der Waals surface area contributed by atoms with Gasteiger partial charge in [0.05, 0.1) is 24.9 Å². The number of nitrogens with one attached hydrogen (secondary N) is 1. The molecule has 0 bridgehead atoms. The molecule has 7 heteroatoms. The summed E-state index contributed by atoms with van der Waals surface area (Å²) in [6.07, 6.45) is 1.36. The molecule has 0 spiro atoms. The fourth-order valence-corrected chi connectivity index (χ4v) is 2.93. The highest BCUT2D eigenvalue weighted by Gasteiger charge is 2.31. The van der Waals surface area contributed by atoms with Crippen LogP contribution in [0.3, 0.4) is 0 Å². The standard InChI is InChI=1S/C16H21N5O2/c1-20-8-9-23-14(15(20)12-6-4-3-5-7-12)11-17-16(22)13-10-18-19-21(13)2/h3-7,10,14-15H,8-9,11H2,1-2H3,(H,17,22)/t14-,15-/m0/s1. The number of benzene rings is 1. The van der Waals surface area contributed by atoms with E-state index >= 15 is 0 Å². The third kappa shape index (κ3) is 3.40. The van der Waals surface area contributed by atoms with Crippen LogP contribution >= 0.6 is 0 Å². The highest BCUT2D eigenvalue weighted by Crippen LogP contribution is 2.27. The van der Waals surface area contributed by atoms with Crippen LogP contribution in [0.15, 0.2) is 36.5 Å². The number of morpholine rings is 1.